The molecule has 0 saturated carbocycles. The van der Waals surface area contributed by atoms with Crippen molar-refractivity contribution in [2.75, 3.05) is 19.6 Å². The van der Waals surface area contributed by atoms with E-state index in [1.54, 1.807) is 113 Å². The van der Waals surface area contributed by atoms with Crippen LogP contribution in [0.1, 0.15) is 129 Å². The van der Waals surface area contributed by atoms with Crippen molar-refractivity contribution in [3.63, 3.8) is 0 Å². The zero-order chi connectivity index (χ0) is 77.7. The number of hydrogen-bond donors (Lipinski definition) is 9. The van der Waals surface area contributed by atoms with Crippen LogP contribution in [0.25, 0.3) is 28.4 Å². The van der Waals surface area contributed by atoms with Gasteiger partial charge in [0.15, 0.2) is 36.6 Å². The number of aromatic nitrogens is 11. The number of hydrogen-bond acceptors (Lipinski definition) is 19. The lowest BCUT2D eigenvalue weighted by atomic mass is 10.1. The highest BCUT2D eigenvalue weighted by molar-refractivity contribution is 7.09. The molecule has 9 heterocycles. The molecule has 0 aliphatic carbocycles. The maximum absolute atomic E-state index is 13.6. The van der Waals surface area contributed by atoms with E-state index in [0.717, 1.165) is 51.6 Å². The van der Waals surface area contributed by atoms with Gasteiger partial charge in [-0.15, -0.1) is 11.3 Å². The predicted octanol–water partition coefficient (Wildman–Crippen LogP) is 6.51. The number of nitrogens with zero attached hydrogens (tertiary/aromatic N) is 14. The molecule has 0 radical (unpaired) electrons. The van der Waals surface area contributed by atoms with Gasteiger partial charge in [0.05, 0.1) is 76.1 Å². The first-order chi connectivity index (χ1) is 53.1. The van der Waals surface area contributed by atoms with E-state index < -0.39 is 108 Å². The Morgan fingerprint density at radius 3 is 1.11 bits per heavy atom. The fraction of sp³-hybridized carbons (Fsp3) is 0.308. The van der Waals surface area contributed by atoms with Crippen LogP contribution >= 0.6 is 11.3 Å². The normalized spacial score (nSPS) is 17.9. The number of thiazole rings is 1. The summed E-state index contributed by atoms with van der Waals surface area (Å²) < 4.78 is 35.1. The van der Waals surface area contributed by atoms with Gasteiger partial charge in [0.25, 0.3) is 35.4 Å². The van der Waals surface area contributed by atoms with E-state index in [9.17, 15) is 68.2 Å². The minimum Gasteiger partial charge on any atom is -0.380 e. The molecule has 3 aliphatic rings. The fourth-order valence-corrected chi connectivity index (χ4v) is 14.2. The average Bonchev–Trinajstić information content (AvgIpc) is 1.65. The molecule has 12 atom stereocenters. The molecular formula is C78H83F2N17O12S. The number of rotatable bonds is 23. The Bertz CT molecular complexity index is 4860. The van der Waals surface area contributed by atoms with E-state index in [1.165, 1.54) is 55.0 Å². The molecule has 5 aromatic carbocycles. The molecule has 0 bridgehead atoms. The van der Waals surface area contributed by atoms with E-state index in [1.807, 2.05) is 115 Å². The molecule has 32 heteroatoms. The molecule has 14 rings (SSSR count). The Morgan fingerprint density at radius 1 is 0.400 bits per heavy atom. The molecule has 0 spiro atoms. The van der Waals surface area contributed by atoms with Crippen LogP contribution in [0.15, 0.2) is 213 Å². The van der Waals surface area contributed by atoms with Crippen molar-refractivity contribution in [2.24, 2.45) is 0 Å². The Morgan fingerprint density at radius 2 is 0.755 bits per heavy atom. The summed E-state index contributed by atoms with van der Waals surface area (Å²) in [7, 11) is 0. The number of aliphatic hydroxyl groups is 6. The first kappa shape index (κ1) is 77.8. The van der Waals surface area contributed by atoms with Gasteiger partial charge in [-0.2, -0.15) is 25.5 Å². The lowest BCUT2D eigenvalue weighted by Crippen LogP contribution is -2.51. The van der Waals surface area contributed by atoms with E-state index in [0.29, 0.717) is 68.1 Å². The van der Waals surface area contributed by atoms with E-state index in [4.69, 9.17) is 0 Å². The number of halogens is 2. The minimum atomic E-state index is -1.95. The molecule has 110 heavy (non-hydrogen) atoms. The maximum atomic E-state index is 13.6. The third-order valence-electron chi connectivity index (χ3n) is 19.4. The minimum absolute atomic E-state index is 0.236. The smallest absolute Gasteiger partial charge is 0.255 e. The average molecular weight is 1520 g/mol. The molecule has 6 aromatic heterocycles. The standard InChI is InChI=1S/2C28H29FN6O4.C22H25N5O4S/c1-18(19-8-10-21(11-9-19)34-15-4-13-30-34)31-27(38)25(36)26(37)28(39)33-14-3-7-24(33)23-12-16-35(32-23)22-6-2-5-20(29)17-22;1-18(19-5-9-21(10-6-19)34-16-3-14-30-34)31-27(38)25(36)26(37)28(39)33-15-2-4-24(33)23-13-17-35(32-23)22-11-7-20(29)8-12-22;1-14(15-5-7-16(8-6-15)27-12-3-9-24-27)25-20(30)18(28)19(29)22(31)26-11-2-4-17(26)21-23-10-13-32-21/h2,4-6,8-13,15-18,24-26,36-37H,3,7,14H2,1H3,(H,31,38);3,5-14,16-18,24-26,36-37H,2,4,15H2,1H3,(H,31,38);3,5-10,12-14,17-19,28-29H,2,4,11H2,1H3,(H,25,30)/t2*18-,24-,25-,26-;14-,17?,18-,19-/m111/s1. The van der Waals surface area contributed by atoms with Crippen LogP contribution in [-0.2, 0) is 28.8 Å². The highest BCUT2D eigenvalue weighted by atomic mass is 32.1. The van der Waals surface area contributed by atoms with Crippen molar-refractivity contribution >= 4 is 46.8 Å². The van der Waals surface area contributed by atoms with Crippen LogP contribution in [0.5, 0.6) is 0 Å². The van der Waals surface area contributed by atoms with Gasteiger partial charge in [0, 0.05) is 80.8 Å². The van der Waals surface area contributed by atoms with Crippen LogP contribution in [0.3, 0.4) is 0 Å². The lowest BCUT2D eigenvalue weighted by Gasteiger charge is -2.28. The number of aliphatic hydroxyl groups excluding tert-OH is 6. The molecule has 3 fully saturated rings. The van der Waals surface area contributed by atoms with Crippen LogP contribution in [0.2, 0.25) is 0 Å². The molecule has 1 unspecified atom stereocenters. The van der Waals surface area contributed by atoms with Crippen LogP contribution in [-0.4, -0.2) is 191 Å². The number of amides is 6. The SMILES string of the molecule is C[C@@H](NC(=O)[C@H](O)[C@@H](O)C(=O)N1CCCC1c1nccs1)c1ccc(-n2cccn2)cc1.C[C@@H](NC(=O)[C@H](O)[C@@H](O)C(=O)N1CCC[C@@H]1c1ccn(-c2ccc(F)cc2)n1)c1ccc(-n2cccn2)cc1.C[C@@H](NC(=O)[C@H](O)[C@@H](O)C(=O)N1CCC[C@@H]1c1ccn(-c2cccc(F)c2)n1)c1ccc(-n2cccn2)cc1. The molecule has 29 nitrogen and oxygen atoms in total. The number of carbonyl (C=O) groups is 6. The van der Waals surface area contributed by atoms with Crippen molar-refractivity contribution in [1.82, 2.24) is 84.5 Å². The monoisotopic (exact) mass is 1520 g/mol. The summed E-state index contributed by atoms with van der Waals surface area (Å²) in [6, 6.07) is 40.4. The second-order valence-corrected chi connectivity index (χ2v) is 27.7. The van der Waals surface area contributed by atoms with E-state index in [2.05, 4.69) is 46.4 Å². The van der Waals surface area contributed by atoms with Gasteiger partial charge in [0.2, 0.25) is 0 Å². The Labute approximate surface area is 634 Å². The van der Waals surface area contributed by atoms with E-state index >= 15 is 0 Å². The summed E-state index contributed by atoms with van der Waals surface area (Å²) in [5.74, 6) is -5.42. The van der Waals surface area contributed by atoms with Crippen molar-refractivity contribution in [2.45, 2.75) is 132 Å². The highest BCUT2D eigenvalue weighted by Gasteiger charge is 2.43. The van der Waals surface area contributed by atoms with Gasteiger partial charge in [-0.1, -0.05) is 42.5 Å². The quantitative estimate of drug-likeness (QED) is 0.0329. The van der Waals surface area contributed by atoms with Gasteiger partial charge in [-0.05, 0) is 185 Å². The molecule has 3 saturated heterocycles. The topological polar surface area (TPSA) is 372 Å². The van der Waals surface area contributed by atoms with Crippen LogP contribution in [0, 0.1) is 11.6 Å². The van der Waals surface area contributed by atoms with Gasteiger partial charge in [-0.25, -0.2) is 37.2 Å². The number of carbonyl (C=O) groups excluding carboxylic acids is 6. The highest BCUT2D eigenvalue weighted by Crippen LogP contribution is 2.36. The third-order valence-corrected chi connectivity index (χ3v) is 20.3. The largest absolute Gasteiger partial charge is 0.380 e. The van der Waals surface area contributed by atoms with Crippen molar-refractivity contribution in [1.29, 1.82) is 0 Å². The zero-order valence-electron chi connectivity index (χ0n) is 60.1. The molecule has 11 aromatic rings. The second-order valence-electron chi connectivity index (χ2n) is 26.8. The summed E-state index contributed by atoms with van der Waals surface area (Å²) in [6.07, 6.45) is 8.16. The molecular weight excluding hydrogens is 1440 g/mol. The van der Waals surface area contributed by atoms with Crippen LogP contribution < -0.4 is 16.0 Å². The second kappa shape index (κ2) is 35.5. The zero-order valence-corrected chi connectivity index (χ0v) is 60.9. The lowest BCUT2D eigenvalue weighted by molar-refractivity contribution is -0.154. The van der Waals surface area contributed by atoms with Crippen molar-refractivity contribution in [3.05, 3.63) is 258 Å². The van der Waals surface area contributed by atoms with Gasteiger partial charge >= 0.3 is 0 Å². The third kappa shape index (κ3) is 18.3. The molecule has 3 aliphatic heterocycles. The Hall–Kier alpha value is -11.8. The summed E-state index contributed by atoms with van der Waals surface area (Å²) >= 11 is 1.44. The molecule has 6 amide bonds. The fourth-order valence-electron chi connectivity index (χ4n) is 13.4. The first-order valence-electron chi connectivity index (χ1n) is 35.8. The summed E-state index contributed by atoms with van der Waals surface area (Å²) in [6.45, 7) is 6.41. The molecule has 572 valence electrons. The summed E-state index contributed by atoms with van der Waals surface area (Å²) in [5, 5.41) is 95.3. The molecule has 9 N–H and O–H groups in total. The van der Waals surface area contributed by atoms with E-state index in [-0.39, 0.29) is 11.9 Å². The summed E-state index contributed by atoms with van der Waals surface area (Å²) in [4.78, 5) is 85.7. The van der Waals surface area contributed by atoms with Gasteiger partial charge in [0.1, 0.15) is 16.6 Å². The van der Waals surface area contributed by atoms with Crippen molar-refractivity contribution in [3.8, 4) is 28.4 Å². The maximum Gasteiger partial charge on any atom is 0.255 e. The van der Waals surface area contributed by atoms with Gasteiger partial charge in [-0.3, -0.25) is 28.8 Å². The van der Waals surface area contributed by atoms with Crippen LogP contribution in [0.4, 0.5) is 8.78 Å². The Kier molecular flexibility index (Phi) is 25.1. The number of benzene rings is 5. The summed E-state index contributed by atoms with van der Waals surface area (Å²) in [5.41, 5.74) is 7.32. The van der Waals surface area contributed by atoms with Crippen molar-refractivity contribution < 1.29 is 68.2 Å². The Balaban J connectivity index is 0.000000155. The first-order valence-corrected chi connectivity index (χ1v) is 36.7. The predicted molar refractivity (Wildman–Crippen MR) is 397 cm³/mol. The van der Waals surface area contributed by atoms with Gasteiger partial charge < -0.3 is 61.3 Å². The number of likely N-dealkylation sites (tertiary alicyclic amines) is 3. The number of nitrogens with one attached hydrogen (secondary N) is 3.